The molecule has 5 nitrogen and oxygen atoms in total. The number of ether oxygens (including phenoxy) is 1. The van der Waals surface area contributed by atoms with Crippen molar-refractivity contribution in [3.05, 3.63) is 23.5 Å². The molecule has 2 rings (SSSR count). The number of pyridine rings is 1. The lowest BCUT2D eigenvalue weighted by molar-refractivity contribution is 0.0819. The van der Waals surface area contributed by atoms with Gasteiger partial charge >= 0.3 is 0 Å². The van der Waals surface area contributed by atoms with E-state index in [-0.39, 0.29) is 10.9 Å². The third-order valence-electron chi connectivity index (χ3n) is 2.01. The molecule has 0 aromatic carbocycles. The molecular formula is C10H9ClF2N4O. The van der Waals surface area contributed by atoms with Gasteiger partial charge in [-0.1, -0.05) is 11.6 Å². The Morgan fingerprint density at radius 1 is 1.39 bits per heavy atom. The molecule has 0 saturated carbocycles. The zero-order chi connectivity index (χ0) is 13.1. The molecule has 0 radical (unpaired) electrons. The van der Waals surface area contributed by atoms with Gasteiger partial charge in [0.1, 0.15) is 23.2 Å². The van der Waals surface area contributed by atoms with Crippen LogP contribution in [0.2, 0.25) is 5.15 Å². The van der Waals surface area contributed by atoms with E-state index in [0.717, 1.165) is 0 Å². The first kappa shape index (κ1) is 12.7. The van der Waals surface area contributed by atoms with Crippen LogP contribution in [0.15, 0.2) is 18.3 Å². The highest BCUT2D eigenvalue weighted by molar-refractivity contribution is 6.29. The molecule has 2 heterocycles. The van der Waals surface area contributed by atoms with Gasteiger partial charge < -0.3 is 4.74 Å². The lowest BCUT2D eigenvalue weighted by Gasteiger charge is -2.06. The van der Waals surface area contributed by atoms with E-state index in [1.807, 2.05) is 0 Å². The molecule has 2 aromatic heterocycles. The summed E-state index contributed by atoms with van der Waals surface area (Å²) in [5.74, 6) is 0.218. The van der Waals surface area contributed by atoms with Crippen LogP contribution in [-0.2, 0) is 7.05 Å². The van der Waals surface area contributed by atoms with Gasteiger partial charge in [0, 0.05) is 19.2 Å². The normalized spacial score (nSPS) is 10.9. The number of alkyl halides is 2. The zero-order valence-electron chi connectivity index (χ0n) is 9.35. The van der Waals surface area contributed by atoms with Crippen molar-refractivity contribution in [3.63, 3.8) is 0 Å². The van der Waals surface area contributed by atoms with Crippen molar-refractivity contribution in [2.75, 3.05) is 6.61 Å². The highest BCUT2D eigenvalue weighted by Gasteiger charge is 2.10. The predicted octanol–water partition coefficient (Wildman–Crippen LogP) is 2.17. The number of aryl methyl sites for hydroxylation is 1. The largest absolute Gasteiger partial charge is 0.487 e. The van der Waals surface area contributed by atoms with Crippen LogP contribution in [0, 0.1) is 0 Å². The van der Waals surface area contributed by atoms with E-state index >= 15 is 0 Å². The third-order valence-corrected chi connectivity index (χ3v) is 2.20. The molecule has 0 amide bonds. The molecule has 0 aliphatic carbocycles. The zero-order valence-corrected chi connectivity index (χ0v) is 10.1. The third kappa shape index (κ3) is 3.13. The van der Waals surface area contributed by atoms with E-state index in [1.54, 1.807) is 7.05 Å². The van der Waals surface area contributed by atoms with Crippen LogP contribution in [0.4, 0.5) is 8.78 Å². The summed E-state index contributed by atoms with van der Waals surface area (Å²) in [6.07, 6.45) is -1.05. The Hall–Kier alpha value is -1.76. The van der Waals surface area contributed by atoms with Crippen molar-refractivity contribution in [2.45, 2.75) is 6.43 Å². The number of halogens is 3. The second kappa shape index (κ2) is 5.26. The SMILES string of the molecule is Cn1ncc(-c2cc(OCC(F)F)cc(Cl)n2)n1. The van der Waals surface area contributed by atoms with Gasteiger partial charge in [0.05, 0.1) is 11.9 Å². The van der Waals surface area contributed by atoms with E-state index < -0.39 is 13.0 Å². The van der Waals surface area contributed by atoms with Gasteiger partial charge in [0.25, 0.3) is 6.43 Å². The second-order valence-corrected chi connectivity index (χ2v) is 3.82. The smallest absolute Gasteiger partial charge is 0.272 e. The summed E-state index contributed by atoms with van der Waals surface area (Å²) in [7, 11) is 1.66. The summed E-state index contributed by atoms with van der Waals surface area (Å²) in [4.78, 5) is 5.39. The predicted molar refractivity (Wildman–Crippen MR) is 60.7 cm³/mol. The van der Waals surface area contributed by atoms with E-state index in [4.69, 9.17) is 16.3 Å². The Labute approximate surface area is 106 Å². The average Bonchev–Trinajstić information content (AvgIpc) is 2.72. The van der Waals surface area contributed by atoms with Gasteiger partial charge in [-0.2, -0.15) is 15.0 Å². The number of hydrogen-bond acceptors (Lipinski definition) is 4. The van der Waals surface area contributed by atoms with E-state index in [2.05, 4.69) is 15.2 Å². The molecule has 0 bridgehead atoms. The quantitative estimate of drug-likeness (QED) is 0.802. The molecule has 18 heavy (non-hydrogen) atoms. The number of nitrogens with zero attached hydrogens (tertiary/aromatic N) is 4. The van der Waals surface area contributed by atoms with E-state index in [1.165, 1.54) is 23.1 Å². The maximum Gasteiger partial charge on any atom is 0.272 e. The summed E-state index contributed by atoms with van der Waals surface area (Å²) >= 11 is 5.79. The van der Waals surface area contributed by atoms with Crippen molar-refractivity contribution < 1.29 is 13.5 Å². The first-order chi connectivity index (χ1) is 8.54. The minimum atomic E-state index is -2.54. The number of aromatic nitrogens is 4. The minimum Gasteiger partial charge on any atom is -0.487 e. The fourth-order valence-electron chi connectivity index (χ4n) is 1.31. The lowest BCUT2D eigenvalue weighted by atomic mass is 10.3. The number of hydrogen-bond donors (Lipinski definition) is 0. The molecule has 0 aliphatic rings. The second-order valence-electron chi connectivity index (χ2n) is 3.43. The molecule has 96 valence electrons. The minimum absolute atomic E-state index is 0.141. The van der Waals surface area contributed by atoms with Gasteiger partial charge in [0.15, 0.2) is 0 Å². The van der Waals surface area contributed by atoms with Crippen LogP contribution in [0.3, 0.4) is 0 Å². The highest BCUT2D eigenvalue weighted by atomic mass is 35.5. The Balaban J connectivity index is 2.26. The van der Waals surface area contributed by atoms with Crippen LogP contribution in [0.1, 0.15) is 0 Å². The summed E-state index contributed by atoms with van der Waals surface area (Å²) in [6, 6.07) is 2.85. The average molecular weight is 275 g/mol. The summed E-state index contributed by atoms with van der Waals surface area (Å²) in [5.41, 5.74) is 0.904. The van der Waals surface area contributed by atoms with Crippen LogP contribution in [0.5, 0.6) is 5.75 Å². The van der Waals surface area contributed by atoms with Crippen LogP contribution in [0.25, 0.3) is 11.4 Å². The summed E-state index contributed by atoms with van der Waals surface area (Å²) < 4.78 is 29.0. The van der Waals surface area contributed by atoms with Gasteiger partial charge in [-0.3, -0.25) is 0 Å². The van der Waals surface area contributed by atoms with Crippen molar-refractivity contribution in [3.8, 4) is 17.1 Å². The van der Waals surface area contributed by atoms with Crippen molar-refractivity contribution >= 4 is 11.6 Å². The molecule has 0 saturated heterocycles. The molecule has 0 N–H and O–H groups in total. The first-order valence-corrected chi connectivity index (χ1v) is 5.37. The summed E-state index contributed by atoms with van der Waals surface area (Å²) in [5, 5.41) is 8.07. The van der Waals surface area contributed by atoms with Crippen LogP contribution in [-0.4, -0.2) is 33.0 Å². The van der Waals surface area contributed by atoms with E-state index in [0.29, 0.717) is 11.4 Å². The van der Waals surface area contributed by atoms with Gasteiger partial charge in [-0.25, -0.2) is 13.8 Å². The molecule has 0 atom stereocenters. The van der Waals surface area contributed by atoms with Crippen molar-refractivity contribution in [1.29, 1.82) is 0 Å². The van der Waals surface area contributed by atoms with Gasteiger partial charge in [0.2, 0.25) is 0 Å². The summed E-state index contributed by atoms with van der Waals surface area (Å²) in [6.45, 7) is -0.694. The van der Waals surface area contributed by atoms with Gasteiger partial charge in [-0.05, 0) is 0 Å². The standard InChI is InChI=1S/C10H9ClF2N4O/c1-17-14-4-8(16-17)7-2-6(3-9(11)15-7)18-5-10(12)13/h2-4,10H,5H2,1H3. The first-order valence-electron chi connectivity index (χ1n) is 5.00. The van der Waals surface area contributed by atoms with Crippen LogP contribution >= 0.6 is 11.6 Å². The topological polar surface area (TPSA) is 52.8 Å². The molecule has 8 heteroatoms. The molecule has 0 fully saturated rings. The maximum atomic E-state index is 12.0. The molecule has 0 spiro atoms. The Kier molecular flexibility index (Phi) is 3.71. The Morgan fingerprint density at radius 3 is 2.78 bits per heavy atom. The lowest BCUT2D eigenvalue weighted by Crippen LogP contribution is -2.07. The fourth-order valence-corrected chi connectivity index (χ4v) is 1.51. The van der Waals surface area contributed by atoms with Crippen molar-refractivity contribution in [2.24, 2.45) is 7.05 Å². The maximum absolute atomic E-state index is 12.0. The molecule has 0 aliphatic heterocycles. The molecule has 0 unspecified atom stereocenters. The Morgan fingerprint density at radius 2 is 2.17 bits per heavy atom. The monoisotopic (exact) mass is 274 g/mol. The van der Waals surface area contributed by atoms with Gasteiger partial charge in [-0.15, -0.1) is 0 Å². The fraction of sp³-hybridized carbons (Fsp3) is 0.300. The van der Waals surface area contributed by atoms with Crippen LogP contribution < -0.4 is 4.74 Å². The van der Waals surface area contributed by atoms with Crippen molar-refractivity contribution in [1.82, 2.24) is 20.0 Å². The van der Waals surface area contributed by atoms with E-state index in [9.17, 15) is 8.78 Å². The molecular weight excluding hydrogens is 266 g/mol. The number of rotatable bonds is 4. The highest BCUT2D eigenvalue weighted by Crippen LogP contribution is 2.23. The molecule has 2 aromatic rings. The Bertz CT molecular complexity index is 546.